The molecule has 1 N–H and O–H groups in total. The van der Waals surface area contributed by atoms with Gasteiger partial charge in [-0.05, 0) is 67.3 Å². The predicted molar refractivity (Wildman–Crippen MR) is 97.6 cm³/mol. The Morgan fingerprint density at radius 1 is 1.25 bits per heavy atom. The Hall–Kier alpha value is -2.14. The van der Waals surface area contributed by atoms with Gasteiger partial charge in [0.1, 0.15) is 0 Å². The molecule has 0 aromatic heterocycles. The molecule has 2 aromatic rings. The van der Waals surface area contributed by atoms with E-state index in [2.05, 4.69) is 21.2 Å². The van der Waals surface area contributed by atoms with Crippen molar-refractivity contribution < 1.29 is 9.59 Å². The summed E-state index contributed by atoms with van der Waals surface area (Å²) in [6.45, 7) is 2.74. The zero-order valence-corrected chi connectivity index (χ0v) is 14.9. The van der Waals surface area contributed by atoms with Crippen LogP contribution in [0.2, 0.25) is 0 Å². The first-order valence-electron chi connectivity index (χ1n) is 8.09. The number of aryl methyl sites for hydroxylation is 1. The SMILES string of the molecule is C[C@H]1C(=O)N2CCCc3cc(NC(=O)c4ccc(Br)cc4)cc1c32. The Labute approximate surface area is 149 Å². The molecule has 24 heavy (non-hydrogen) atoms. The van der Waals surface area contributed by atoms with Crippen LogP contribution in [0.4, 0.5) is 11.4 Å². The highest BCUT2D eigenvalue weighted by atomic mass is 79.9. The normalized spacial score (nSPS) is 18.5. The van der Waals surface area contributed by atoms with Gasteiger partial charge in [0.25, 0.3) is 5.91 Å². The second-order valence-corrected chi connectivity index (χ2v) is 7.27. The predicted octanol–water partition coefficient (Wildman–Crippen LogP) is 4.10. The molecule has 0 aliphatic carbocycles. The average molecular weight is 385 g/mol. The number of hydrogen-bond donors (Lipinski definition) is 1. The first kappa shape index (κ1) is 15.4. The molecular weight excluding hydrogens is 368 g/mol. The van der Waals surface area contributed by atoms with Gasteiger partial charge in [-0.3, -0.25) is 9.59 Å². The first-order valence-corrected chi connectivity index (χ1v) is 8.89. The Kier molecular flexibility index (Phi) is 3.68. The highest BCUT2D eigenvalue weighted by Gasteiger charge is 2.37. The monoisotopic (exact) mass is 384 g/mol. The molecule has 4 nitrogen and oxygen atoms in total. The second-order valence-electron chi connectivity index (χ2n) is 6.35. The van der Waals surface area contributed by atoms with Crippen LogP contribution in [0.15, 0.2) is 40.9 Å². The van der Waals surface area contributed by atoms with Crippen LogP contribution in [0.3, 0.4) is 0 Å². The minimum Gasteiger partial charge on any atom is -0.322 e. The third kappa shape index (κ3) is 2.44. The van der Waals surface area contributed by atoms with Crippen molar-refractivity contribution >= 4 is 39.1 Å². The second kappa shape index (κ2) is 5.74. The molecule has 0 saturated heterocycles. The first-order chi connectivity index (χ1) is 11.5. The number of carbonyl (C=O) groups excluding carboxylic acids is 2. The van der Waals surface area contributed by atoms with E-state index in [1.165, 1.54) is 0 Å². The molecule has 2 amide bonds. The number of carbonyl (C=O) groups is 2. The quantitative estimate of drug-likeness (QED) is 0.847. The molecule has 0 bridgehead atoms. The molecule has 0 saturated carbocycles. The van der Waals surface area contributed by atoms with Crippen LogP contribution in [-0.2, 0) is 11.2 Å². The molecule has 2 aromatic carbocycles. The van der Waals surface area contributed by atoms with Crippen molar-refractivity contribution in [1.29, 1.82) is 0 Å². The average Bonchev–Trinajstić information content (AvgIpc) is 2.82. The maximum absolute atomic E-state index is 12.4. The van der Waals surface area contributed by atoms with Gasteiger partial charge in [0.2, 0.25) is 5.91 Å². The molecule has 122 valence electrons. The van der Waals surface area contributed by atoms with E-state index in [9.17, 15) is 9.59 Å². The van der Waals surface area contributed by atoms with Crippen molar-refractivity contribution in [3.05, 3.63) is 57.6 Å². The van der Waals surface area contributed by atoms with E-state index in [1.807, 2.05) is 36.1 Å². The van der Waals surface area contributed by atoms with Gasteiger partial charge in [-0.2, -0.15) is 0 Å². The fourth-order valence-electron chi connectivity index (χ4n) is 3.57. The standard InChI is InChI=1S/C19H17BrN2O2/c1-11-16-10-15(21-18(23)12-4-6-14(20)7-5-12)9-13-3-2-8-22(17(13)16)19(11)24/h4-7,9-11H,2-3,8H2,1H3,(H,21,23)/t11-/m1/s1. The Morgan fingerprint density at radius 2 is 2.00 bits per heavy atom. The van der Waals surface area contributed by atoms with Gasteiger partial charge in [-0.15, -0.1) is 0 Å². The van der Waals surface area contributed by atoms with Crippen molar-refractivity contribution in [2.24, 2.45) is 0 Å². The van der Waals surface area contributed by atoms with E-state index in [4.69, 9.17) is 0 Å². The van der Waals surface area contributed by atoms with E-state index >= 15 is 0 Å². The largest absolute Gasteiger partial charge is 0.322 e. The zero-order chi connectivity index (χ0) is 16.8. The molecule has 2 aliphatic heterocycles. The van der Waals surface area contributed by atoms with E-state index in [1.54, 1.807) is 12.1 Å². The lowest BCUT2D eigenvalue weighted by atomic mass is 9.96. The van der Waals surface area contributed by atoms with E-state index in [0.29, 0.717) is 5.56 Å². The van der Waals surface area contributed by atoms with E-state index in [0.717, 1.165) is 46.4 Å². The van der Waals surface area contributed by atoms with Crippen molar-refractivity contribution in [2.75, 3.05) is 16.8 Å². The topological polar surface area (TPSA) is 49.4 Å². The molecule has 0 spiro atoms. The third-order valence-corrected chi connectivity index (χ3v) is 5.31. The molecule has 0 unspecified atom stereocenters. The lowest BCUT2D eigenvalue weighted by molar-refractivity contribution is -0.119. The summed E-state index contributed by atoms with van der Waals surface area (Å²) in [4.78, 5) is 26.7. The minimum absolute atomic E-state index is 0.138. The summed E-state index contributed by atoms with van der Waals surface area (Å²) < 4.78 is 0.938. The van der Waals surface area contributed by atoms with Crippen LogP contribution in [0.25, 0.3) is 0 Å². The summed E-state index contributed by atoms with van der Waals surface area (Å²) in [5.41, 5.74) is 4.63. The van der Waals surface area contributed by atoms with Gasteiger partial charge in [0.15, 0.2) is 0 Å². The van der Waals surface area contributed by atoms with Crippen LogP contribution in [0, 0.1) is 0 Å². The Morgan fingerprint density at radius 3 is 2.75 bits per heavy atom. The summed E-state index contributed by atoms with van der Waals surface area (Å²) in [5.74, 6) is -0.108. The number of halogens is 1. The fourth-order valence-corrected chi connectivity index (χ4v) is 3.84. The van der Waals surface area contributed by atoms with Gasteiger partial charge in [-0.25, -0.2) is 0 Å². The van der Waals surface area contributed by atoms with Crippen LogP contribution >= 0.6 is 15.9 Å². The van der Waals surface area contributed by atoms with Crippen LogP contribution in [0.5, 0.6) is 0 Å². The smallest absolute Gasteiger partial charge is 0.255 e. The molecule has 2 aliphatic rings. The van der Waals surface area contributed by atoms with Crippen molar-refractivity contribution in [2.45, 2.75) is 25.7 Å². The number of rotatable bonds is 2. The fraction of sp³-hybridized carbons (Fsp3) is 0.263. The number of hydrogen-bond acceptors (Lipinski definition) is 2. The van der Waals surface area contributed by atoms with Crippen LogP contribution < -0.4 is 10.2 Å². The maximum Gasteiger partial charge on any atom is 0.255 e. The molecule has 1 atom stereocenters. The molecule has 5 heteroatoms. The number of nitrogens with one attached hydrogen (secondary N) is 1. The highest BCUT2D eigenvalue weighted by Crippen LogP contribution is 2.44. The van der Waals surface area contributed by atoms with Crippen molar-refractivity contribution in [3.8, 4) is 0 Å². The maximum atomic E-state index is 12.4. The summed E-state index contributed by atoms with van der Waals surface area (Å²) >= 11 is 3.37. The highest BCUT2D eigenvalue weighted by molar-refractivity contribution is 9.10. The Bertz CT molecular complexity index is 845. The summed E-state index contributed by atoms with van der Waals surface area (Å²) in [5, 5.41) is 2.97. The summed E-state index contributed by atoms with van der Waals surface area (Å²) in [7, 11) is 0. The summed E-state index contributed by atoms with van der Waals surface area (Å²) in [6.07, 6.45) is 1.91. The van der Waals surface area contributed by atoms with Gasteiger partial charge in [0, 0.05) is 22.3 Å². The number of nitrogens with zero attached hydrogens (tertiary/aromatic N) is 1. The lowest BCUT2D eigenvalue weighted by Crippen LogP contribution is -2.32. The summed E-state index contributed by atoms with van der Waals surface area (Å²) in [6, 6.07) is 11.2. The lowest BCUT2D eigenvalue weighted by Gasteiger charge is -2.26. The van der Waals surface area contributed by atoms with Gasteiger partial charge < -0.3 is 10.2 Å². The van der Waals surface area contributed by atoms with Gasteiger partial charge in [-0.1, -0.05) is 15.9 Å². The number of anilines is 2. The third-order valence-electron chi connectivity index (χ3n) is 4.78. The molecular formula is C19H17BrN2O2. The molecule has 4 rings (SSSR count). The molecule has 0 radical (unpaired) electrons. The van der Waals surface area contributed by atoms with Crippen molar-refractivity contribution in [1.82, 2.24) is 0 Å². The van der Waals surface area contributed by atoms with E-state index in [-0.39, 0.29) is 17.7 Å². The van der Waals surface area contributed by atoms with E-state index < -0.39 is 0 Å². The Balaban J connectivity index is 1.67. The number of amides is 2. The number of benzene rings is 2. The van der Waals surface area contributed by atoms with Gasteiger partial charge in [0.05, 0.1) is 11.6 Å². The van der Waals surface area contributed by atoms with Crippen molar-refractivity contribution in [3.63, 3.8) is 0 Å². The minimum atomic E-state index is -0.140. The molecule has 2 heterocycles. The van der Waals surface area contributed by atoms with Crippen LogP contribution in [-0.4, -0.2) is 18.4 Å². The van der Waals surface area contributed by atoms with Gasteiger partial charge >= 0.3 is 0 Å². The van der Waals surface area contributed by atoms with Crippen LogP contribution in [0.1, 0.15) is 40.7 Å². The molecule has 0 fully saturated rings. The zero-order valence-electron chi connectivity index (χ0n) is 13.3.